The number of halogens is 1. The molecule has 2 aromatic rings. The van der Waals surface area contributed by atoms with Crippen molar-refractivity contribution in [2.75, 3.05) is 18.6 Å². The van der Waals surface area contributed by atoms with Gasteiger partial charge in [-0.25, -0.2) is 8.42 Å². The Labute approximate surface area is 162 Å². The van der Waals surface area contributed by atoms with Crippen LogP contribution in [0.25, 0.3) is 10.8 Å². The topological polar surface area (TPSA) is 93.4 Å². The zero-order valence-electron chi connectivity index (χ0n) is 14.3. The minimum absolute atomic E-state index is 0.0182. The number of nitrogens with zero attached hydrogens (tertiary/aromatic N) is 2. The predicted molar refractivity (Wildman–Crippen MR) is 105 cm³/mol. The zero-order valence-corrected chi connectivity index (χ0v) is 16.6. The normalized spacial score (nSPS) is 21.3. The molecule has 0 bridgehead atoms. The standard InChI is InChI=1S/C17H20ClN3O3S2/c1-25-8-6-14(22)12-5-7-21(17(12)19)26(23,24)15-4-2-3-11-9-20-10-13(18)16(11)15/h2-4,9-10,12,17H,5-8,19H2,1H3/t12?,17-/m1/s1. The summed E-state index contributed by atoms with van der Waals surface area (Å²) < 4.78 is 27.7. The number of Topliss-reactive ketones (excluding diaryl/α,β-unsaturated/α-hetero) is 1. The van der Waals surface area contributed by atoms with Gasteiger partial charge >= 0.3 is 0 Å². The molecule has 0 aliphatic carbocycles. The molecule has 1 fully saturated rings. The maximum absolute atomic E-state index is 13.2. The summed E-state index contributed by atoms with van der Waals surface area (Å²) >= 11 is 7.80. The van der Waals surface area contributed by atoms with Crippen LogP contribution in [0.15, 0.2) is 35.5 Å². The number of sulfonamides is 1. The molecule has 6 nitrogen and oxygen atoms in total. The molecule has 2 heterocycles. The SMILES string of the molecule is CSCCC(=O)C1CCN(S(=O)(=O)c2cccc3cncc(Cl)c23)[C@H]1N. The Balaban J connectivity index is 1.96. The number of hydrogen-bond donors (Lipinski definition) is 1. The quantitative estimate of drug-likeness (QED) is 0.782. The molecule has 0 amide bonds. The fourth-order valence-corrected chi connectivity index (χ4v) is 5.84. The van der Waals surface area contributed by atoms with Crippen LogP contribution in [-0.2, 0) is 14.8 Å². The lowest BCUT2D eigenvalue weighted by molar-refractivity contribution is -0.122. The second-order valence-electron chi connectivity index (χ2n) is 6.19. The number of ketones is 1. The average Bonchev–Trinajstić information content (AvgIpc) is 3.02. The number of benzene rings is 1. The van der Waals surface area contributed by atoms with E-state index in [9.17, 15) is 13.2 Å². The van der Waals surface area contributed by atoms with Crippen molar-refractivity contribution in [1.82, 2.24) is 9.29 Å². The van der Waals surface area contributed by atoms with E-state index in [-0.39, 0.29) is 22.2 Å². The first-order valence-corrected chi connectivity index (χ1v) is 11.4. The number of fused-ring (bicyclic) bond motifs is 1. The van der Waals surface area contributed by atoms with Gasteiger partial charge in [-0.05, 0) is 24.5 Å². The fraction of sp³-hybridized carbons (Fsp3) is 0.412. The predicted octanol–water partition coefficient (Wildman–Crippen LogP) is 2.51. The van der Waals surface area contributed by atoms with E-state index in [0.29, 0.717) is 29.4 Å². The van der Waals surface area contributed by atoms with Crippen LogP contribution in [0.3, 0.4) is 0 Å². The largest absolute Gasteiger partial charge is 0.314 e. The van der Waals surface area contributed by atoms with Gasteiger partial charge in [-0.1, -0.05) is 23.7 Å². The van der Waals surface area contributed by atoms with E-state index in [2.05, 4.69) is 4.98 Å². The van der Waals surface area contributed by atoms with Gasteiger partial charge in [0, 0.05) is 42.0 Å². The second-order valence-corrected chi connectivity index (χ2v) is 9.44. The summed E-state index contributed by atoms with van der Waals surface area (Å²) in [4.78, 5) is 16.4. The average molecular weight is 414 g/mol. The van der Waals surface area contributed by atoms with Gasteiger partial charge in [0.25, 0.3) is 0 Å². The number of carbonyl (C=O) groups is 1. The van der Waals surface area contributed by atoms with Crippen molar-refractivity contribution in [3.05, 3.63) is 35.6 Å². The van der Waals surface area contributed by atoms with Gasteiger partial charge in [0.1, 0.15) is 5.78 Å². The first-order chi connectivity index (χ1) is 12.4. The Morgan fingerprint density at radius 3 is 2.92 bits per heavy atom. The molecule has 9 heteroatoms. The highest BCUT2D eigenvalue weighted by molar-refractivity contribution is 7.98. The summed E-state index contributed by atoms with van der Waals surface area (Å²) in [6.45, 7) is 0.221. The number of pyridine rings is 1. The number of aromatic nitrogens is 1. The Kier molecular flexibility index (Phi) is 5.88. The summed E-state index contributed by atoms with van der Waals surface area (Å²) in [7, 11) is -3.89. The molecule has 1 saturated heterocycles. The lowest BCUT2D eigenvalue weighted by Crippen LogP contribution is -2.45. The molecule has 2 N–H and O–H groups in total. The summed E-state index contributed by atoms with van der Waals surface area (Å²) in [5.74, 6) is 0.259. The lowest BCUT2D eigenvalue weighted by atomic mass is 9.99. The molecular formula is C17H20ClN3O3S2. The van der Waals surface area contributed by atoms with Crippen LogP contribution in [0, 0.1) is 5.92 Å². The first kappa shape index (κ1) is 19.6. The van der Waals surface area contributed by atoms with Crippen LogP contribution in [-0.4, -0.2) is 48.2 Å². The van der Waals surface area contributed by atoms with Gasteiger partial charge in [0.2, 0.25) is 10.0 Å². The Morgan fingerprint density at radius 1 is 1.42 bits per heavy atom. The van der Waals surface area contributed by atoms with E-state index in [0.717, 1.165) is 0 Å². The van der Waals surface area contributed by atoms with Gasteiger partial charge in [-0.15, -0.1) is 0 Å². The molecule has 1 aliphatic rings. The Morgan fingerprint density at radius 2 is 2.19 bits per heavy atom. The third kappa shape index (κ3) is 3.48. The van der Waals surface area contributed by atoms with Crippen LogP contribution in [0.4, 0.5) is 0 Å². The van der Waals surface area contributed by atoms with Gasteiger partial charge in [-0.3, -0.25) is 9.78 Å². The van der Waals surface area contributed by atoms with E-state index < -0.39 is 22.1 Å². The van der Waals surface area contributed by atoms with Crippen molar-refractivity contribution in [3.63, 3.8) is 0 Å². The van der Waals surface area contributed by atoms with E-state index in [1.54, 1.807) is 30.1 Å². The van der Waals surface area contributed by atoms with Crippen molar-refractivity contribution in [3.8, 4) is 0 Å². The maximum Gasteiger partial charge on any atom is 0.245 e. The second kappa shape index (κ2) is 7.82. The number of hydrogen-bond acceptors (Lipinski definition) is 6. The van der Waals surface area contributed by atoms with Crippen LogP contribution < -0.4 is 5.73 Å². The first-order valence-electron chi connectivity index (χ1n) is 8.19. The molecule has 0 saturated carbocycles. The minimum Gasteiger partial charge on any atom is -0.314 e. The molecule has 2 atom stereocenters. The summed E-state index contributed by atoms with van der Waals surface area (Å²) in [6.07, 6.45) is 4.90. The summed E-state index contributed by atoms with van der Waals surface area (Å²) in [5.41, 5.74) is 6.18. The summed E-state index contributed by atoms with van der Waals surface area (Å²) in [5, 5.41) is 1.33. The molecule has 0 spiro atoms. The van der Waals surface area contributed by atoms with Crippen LogP contribution >= 0.6 is 23.4 Å². The highest BCUT2D eigenvalue weighted by atomic mass is 35.5. The van der Waals surface area contributed by atoms with Crippen LogP contribution in [0.5, 0.6) is 0 Å². The van der Waals surface area contributed by atoms with Crippen molar-refractivity contribution in [2.45, 2.75) is 23.9 Å². The monoisotopic (exact) mass is 413 g/mol. The lowest BCUT2D eigenvalue weighted by Gasteiger charge is -2.24. The highest BCUT2D eigenvalue weighted by Gasteiger charge is 2.42. The molecule has 1 aromatic heterocycles. The highest BCUT2D eigenvalue weighted by Crippen LogP contribution is 2.34. The van der Waals surface area contributed by atoms with Crippen LogP contribution in [0.2, 0.25) is 5.02 Å². The van der Waals surface area contributed by atoms with Gasteiger partial charge in [-0.2, -0.15) is 16.1 Å². The van der Waals surface area contributed by atoms with E-state index >= 15 is 0 Å². The maximum atomic E-state index is 13.2. The van der Waals surface area contributed by atoms with Crippen LogP contribution in [0.1, 0.15) is 12.8 Å². The third-order valence-corrected chi connectivity index (χ3v) is 7.50. The fourth-order valence-electron chi connectivity index (χ4n) is 3.31. The zero-order chi connectivity index (χ0) is 18.9. The van der Waals surface area contributed by atoms with Crippen molar-refractivity contribution >= 4 is 49.9 Å². The number of thioether (sulfide) groups is 1. The van der Waals surface area contributed by atoms with Gasteiger partial charge in [0.15, 0.2) is 0 Å². The van der Waals surface area contributed by atoms with Gasteiger partial charge in [0.05, 0.1) is 16.1 Å². The molecule has 3 rings (SSSR count). The minimum atomic E-state index is -3.89. The van der Waals surface area contributed by atoms with Crippen molar-refractivity contribution in [1.29, 1.82) is 0 Å². The smallest absolute Gasteiger partial charge is 0.245 e. The molecular weight excluding hydrogens is 394 g/mol. The summed E-state index contributed by atoms with van der Waals surface area (Å²) in [6, 6.07) is 4.92. The Hall–Kier alpha value is -1.19. The third-order valence-electron chi connectivity index (χ3n) is 4.66. The molecule has 1 aliphatic heterocycles. The molecule has 1 aromatic carbocycles. The van der Waals surface area contributed by atoms with E-state index in [4.69, 9.17) is 17.3 Å². The molecule has 1 unspecified atom stereocenters. The number of carbonyl (C=O) groups excluding carboxylic acids is 1. The van der Waals surface area contributed by atoms with E-state index in [1.165, 1.54) is 16.6 Å². The van der Waals surface area contributed by atoms with Crippen molar-refractivity contribution in [2.24, 2.45) is 11.7 Å². The van der Waals surface area contributed by atoms with Crippen molar-refractivity contribution < 1.29 is 13.2 Å². The molecule has 140 valence electrons. The molecule has 0 radical (unpaired) electrons. The van der Waals surface area contributed by atoms with E-state index in [1.807, 2.05) is 6.26 Å². The number of rotatable bonds is 6. The van der Waals surface area contributed by atoms with Gasteiger partial charge < -0.3 is 5.73 Å². The Bertz CT molecular complexity index is 931. The number of nitrogens with two attached hydrogens (primary N) is 1. The molecule has 26 heavy (non-hydrogen) atoms.